The molecular formula is C26H36O3. The number of hydrogen-bond acceptors (Lipinski definition) is 3. The van der Waals surface area contributed by atoms with Crippen LogP contribution in [0.25, 0.3) is 0 Å². The average molecular weight is 397 g/mol. The van der Waals surface area contributed by atoms with Crippen LogP contribution in [0.1, 0.15) is 71.3 Å². The number of carbonyl (C=O) groups excluding carboxylic acids is 1. The van der Waals surface area contributed by atoms with E-state index < -0.39 is 0 Å². The van der Waals surface area contributed by atoms with Gasteiger partial charge in [0.1, 0.15) is 18.1 Å². The molecule has 0 saturated carbocycles. The van der Waals surface area contributed by atoms with E-state index in [4.69, 9.17) is 9.47 Å². The minimum absolute atomic E-state index is 0.0232. The van der Waals surface area contributed by atoms with Crippen molar-refractivity contribution in [3.8, 4) is 11.5 Å². The molecule has 0 aliphatic rings. The van der Waals surface area contributed by atoms with E-state index in [9.17, 15) is 4.79 Å². The molecule has 29 heavy (non-hydrogen) atoms. The van der Waals surface area contributed by atoms with E-state index in [1.54, 1.807) is 0 Å². The van der Waals surface area contributed by atoms with Crippen LogP contribution in [0.3, 0.4) is 0 Å². The summed E-state index contributed by atoms with van der Waals surface area (Å²) in [6, 6.07) is 17.4. The van der Waals surface area contributed by atoms with Crippen LogP contribution < -0.4 is 4.74 Å². The van der Waals surface area contributed by atoms with Gasteiger partial charge in [-0.05, 0) is 42.2 Å². The molecule has 3 heteroatoms. The van der Waals surface area contributed by atoms with Crippen LogP contribution in [0.15, 0.2) is 54.6 Å². The van der Waals surface area contributed by atoms with Gasteiger partial charge in [-0.3, -0.25) is 4.79 Å². The Morgan fingerprint density at radius 2 is 1.55 bits per heavy atom. The number of ether oxygens (including phenoxy) is 2. The lowest BCUT2D eigenvalue weighted by Crippen LogP contribution is -2.22. The van der Waals surface area contributed by atoms with Gasteiger partial charge in [-0.25, -0.2) is 0 Å². The van der Waals surface area contributed by atoms with Crippen LogP contribution >= 0.6 is 0 Å². The van der Waals surface area contributed by atoms with Gasteiger partial charge in [0, 0.05) is 0 Å². The maximum Gasteiger partial charge on any atom is 0.309 e. The normalized spacial score (nSPS) is 12.0. The standard InChI is InChI=1S/C26H36O3/c1-4-5-6-7-8-12-18-25(21(2)3)26(27)28-20-22-14-13-17-24(19-22)29-23-15-10-9-11-16-23/h9-11,13-17,19,21,25H,4-8,12,18,20H2,1-3H3. The minimum Gasteiger partial charge on any atom is -0.461 e. The second-order valence-corrected chi connectivity index (χ2v) is 8.08. The Kier molecular flexibility index (Phi) is 10.3. The third-order valence-electron chi connectivity index (χ3n) is 5.23. The number of para-hydroxylation sites is 1. The Morgan fingerprint density at radius 1 is 0.862 bits per heavy atom. The van der Waals surface area contributed by atoms with Crippen molar-refractivity contribution in [3.63, 3.8) is 0 Å². The lowest BCUT2D eigenvalue weighted by molar-refractivity contribution is -0.151. The molecule has 1 atom stereocenters. The molecule has 0 spiro atoms. The smallest absolute Gasteiger partial charge is 0.309 e. The molecule has 158 valence electrons. The maximum absolute atomic E-state index is 12.6. The summed E-state index contributed by atoms with van der Waals surface area (Å²) in [5.74, 6) is 1.73. The lowest BCUT2D eigenvalue weighted by Gasteiger charge is -2.19. The molecule has 0 saturated heterocycles. The number of rotatable bonds is 13. The number of benzene rings is 2. The number of unbranched alkanes of at least 4 members (excludes halogenated alkanes) is 5. The fourth-order valence-corrected chi connectivity index (χ4v) is 3.45. The third kappa shape index (κ3) is 8.72. The summed E-state index contributed by atoms with van der Waals surface area (Å²) in [4.78, 5) is 12.6. The van der Waals surface area contributed by atoms with Crippen LogP contribution in [0.4, 0.5) is 0 Å². The zero-order valence-electron chi connectivity index (χ0n) is 18.2. The Hall–Kier alpha value is -2.29. The monoisotopic (exact) mass is 396 g/mol. The highest BCUT2D eigenvalue weighted by atomic mass is 16.5. The molecule has 1 unspecified atom stereocenters. The quantitative estimate of drug-likeness (QED) is 0.259. The van der Waals surface area contributed by atoms with Crippen molar-refractivity contribution in [3.05, 3.63) is 60.2 Å². The zero-order chi connectivity index (χ0) is 20.9. The first-order chi connectivity index (χ1) is 14.1. The second kappa shape index (κ2) is 13.0. The molecule has 3 nitrogen and oxygen atoms in total. The van der Waals surface area contributed by atoms with Crippen molar-refractivity contribution in [2.45, 2.75) is 72.3 Å². The Morgan fingerprint density at radius 3 is 2.28 bits per heavy atom. The summed E-state index contributed by atoms with van der Waals surface area (Å²) in [6.07, 6.45) is 8.36. The van der Waals surface area contributed by atoms with Crippen molar-refractivity contribution in [2.75, 3.05) is 0 Å². The fourth-order valence-electron chi connectivity index (χ4n) is 3.45. The molecule has 2 rings (SSSR count). The van der Waals surface area contributed by atoms with Crippen LogP contribution in [0, 0.1) is 11.8 Å². The zero-order valence-corrected chi connectivity index (χ0v) is 18.2. The van der Waals surface area contributed by atoms with E-state index in [-0.39, 0.29) is 18.5 Å². The van der Waals surface area contributed by atoms with Crippen LogP contribution in [0.5, 0.6) is 11.5 Å². The number of esters is 1. The summed E-state index contributed by atoms with van der Waals surface area (Å²) < 4.78 is 11.5. The largest absolute Gasteiger partial charge is 0.461 e. The van der Waals surface area contributed by atoms with Crippen molar-refractivity contribution < 1.29 is 14.3 Å². The van der Waals surface area contributed by atoms with Crippen LogP contribution in [-0.2, 0) is 16.1 Å². The highest BCUT2D eigenvalue weighted by Gasteiger charge is 2.23. The van der Waals surface area contributed by atoms with Gasteiger partial charge >= 0.3 is 5.97 Å². The van der Waals surface area contributed by atoms with Gasteiger partial charge in [0.05, 0.1) is 5.92 Å². The maximum atomic E-state index is 12.6. The van der Waals surface area contributed by atoms with E-state index in [0.29, 0.717) is 5.92 Å². The summed E-state index contributed by atoms with van der Waals surface area (Å²) >= 11 is 0. The van der Waals surface area contributed by atoms with E-state index in [2.05, 4.69) is 20.8 Å². The molecule has 0 aromatic heterocycles. The van der Waals surface area contributed by atoms with E-state index >= 15 is 0 Å². The topological polar surface area (TPSA) is 35.5 Å². The fraction of sp³-hybridized carbons (Fsp3) is 0.500. The summed E-state index contributed by atoms with van der Waals surface area (Å²) in [7, 11) is 0. The van der Waals surface area contributed by atoms with E-state index in [0.717, 1.165) is 29.9 Å². The Balaban J connectivity index is 1.82. The van der Waals surface area contributed by atoms with Crippen molar-refractivity contribution in [2.24, 2.45) is 11.8 Å². The van der Waals surface area contributed by atoms with Gasteiger partial charge in [-0.1, -0.05) is 89.6 Å². The molecule has 2 aromatic carbocycles. The van der Waals surface area contributed by atoms with E-state index in [1.165, 1.54) is 32.1 Å². The third-order valence-corrected chi connectivity index (χ3v) is 5.23. The molecule has 0 aliphatic carbocycles. The van der Waals surface area contributed by atoms with Gasteiger partial charge in [0.15, 0.2) is 0 Å². The molecule has 0 amide bonds. The molecule has 0 radical (unpaired) electrons. The predicted octanol–water partition coefficient (Wildman–Crippen LogP) is 7.54. The SMILES string of the molecule is CCCCCCCCC(C(=O)OCc1cccc(Oc2ccccc2)c1)C(C)C. The van der Waals surface area contributed by atoms with Crippen molar-refractivity contribution in [1.82, 2.24) is 0 Å². The first kappa shape index (κ1) is 23.0. The van der Waals surface area contributed by atoms with Gasteiger partial charge in [-0.15, -0.1) is 0 Å². The lowest BCUT2D eigenvalue weighted by atomic mass is 9.90. The van der Waals surface area contributed by atoms with E-state index in [1.807, 2.05) is 54.6 Å². The second-order valence-electron chi connectivity index (χ2n) is 8.08. The van der Waals surface area contributed by atoms with Crippen LogP contribution in [-0.4, -0.2) is 5.97 Å². The predicted molar refractivity (Wildman–Crippen MR) is 119 cm³/mol. The highest BCUT2D eigenvalue weighted by Crippen LogP contribution is 2.24. The summed E-state index contributed by atoms with van der Waals surface area (Å²) in [5.41, 5.74) is 0.939. The molecule has 0 fully saturated rings. The number of carbonyl (C=O) groups is 1. The minimum atomic E-state index is -0.0806. The number of hydrogen-bond donors (Lipinski definition) is 0. The van der Waals surface area contributed by atoms with Gasteiger partial charge in [0.25, 0.3) is 0 Å². The first-order valence-corrected chi connectivity index (χ1v) is 11.1. The molecule has 0 aliphatic heterocycles. The average Bonchev–Trinajstić information content (AvgIpc) is 2.72. The molecular weight excluding hydrogens is 360 g/mol. The molecule has 0 N–H and O–H groups in total. The Labute approximate surface area is 176 Å². The Bertz CT molecular complexity index is 709. The first-order valence-electron chi connectivity index (χ1n) is 11.1. The van der Waals surface area contributed by atoms with Gasteiger partial charge < -0.3 is 9.47 Å². The van der Waals surface area contributed by atoms with Crippen molar-refractivity contribution in [1.29, 1.82) is 0 Å². The van der Waals surface area contributed by atoms with Gasteiger partial charge in [0.2, 0.25) is 0 Å². The van der Waals surface area contributed by atoms with Crippen LogP contribution in [0.2, 0.25) is 0 Å². The molecule has 0 heterocycles. The summed E-state index contributed by atoms with van der Waals surface area (Å²) in [6.45, 7) is 6.73. The molecule has 0 bridgehead atoms. The molecule has 2 aromatic rings. The highest BCUT2D eigenvalue weighted by molar-refractivity contribution is 5.72. The van der Waals surface area contributed by atoms with Crippen molar-refractivity contribution >= 4 is 5.97 Å². The van der Waals surface area contributed by atoms with Gasteiger partial charge in [-0.2, -0.15) is 0 Å². The summed E-state index contributed by atoms with van der Waals surface area (Å²) in [5, 5.41) is 0.